The minimum atomic E-state index is -0.885. The Bertz CT molecular complexity index is 719. The summed E-state index contributed by atoms with van der Waals surface area (Å²) in [6, 6.07) is 5.47. The molecule has 3 rings (SSSR count). The molecule has 0 aromatic heterocycles. The number of likely N-dealkylation sites (tertiary alicyclic amines) is 1. The van der Waals surface area contributed by atoms with Gasteiger partial charge >= 0.3 is 6.03 Å². The molecule has 2 aliphatic heterocycles. The van der Waals surface area contributed by atoms with Crippen LogP contribution in [0, 0.1) is 5.82 Å². The molecule has 0 unspecified atom stereocenters. The minimum Gasteiger partial charge on any atom is -0.339 e. The number of carbonyl (C=O) groups is 3. The van der Waals surface area contributed by atoms with Crippen LogP contribution in [-0.2, 0) is 9.59 Å². The van der Waals surface area contributed by atoms with Gasteiger partial charge in [0.05, 0.1) is 0 Å². The smallest absolute Gasteiger partial charge is 0.322 e. The first-order valence-electron chi connectivity index (χ1n) is 7.76. The van der Waals surface area contributed by atoms with Gasteiger partial charge in [-0.15, -0.1) is 0 Å². The third-order valence-corrected chi connectivity index (χ3v) is 4.58. The Kier molecular flexibility index (Phi) is 4.09. The molecule has 2 N–H and O–H groups in total. The van der Waals surface area contributed by atoms with Crippen molar-refractivity contribution in [1.82, 2.24) is 15.5 Å². The lowest BCUT2D eigenvalue weighted by Crippen LogP contribution is -2.55. The minimum absolute atomic E-state index is 0.156. The van der Waals surface area contributed by atoms with Crippen LogP contribution in [-0.4, -0.2) is 41.4 Å². The maximum atomic E-state index is 13.0. The van der Waals surface area contributed by atoms with Crippen LogP contribution >= 0.6 is 0 Å². The molecule has 126 valence electrons. The molecule has 0 radical (unpaired) electrons. The first-order valence-corrected chi connectivity index (χ1v) is 7.76. The molecular weight excluding hydrogens is 313 g/mol. The number of benzene rings is 1. The van der Waals surface area contributed by atoms with Gasteiger partial charge < -0.3 is 10.2 Å². The van der Waals surface area contributed by atoms with Gasteiger partial charge in [0.25, 0.3) is 5.91 Å². The molecule has 7 heteroatoms. The summed E-state index contributed by atoms with van der Waals surface area (Å²) < 4.78 is 13.0. The molecule has 0 saturated carbocycles. The highest BCUT2D eigenvalue weighted by molar-refractivity contribution is 6.07. The second kappa shape index (κ2) is 6.07. The summed E-state index contributed by atoms with van der Waals surface area (Å²) in [6.07, 6.45) is 2.29. The van der Waals surface area contributed by atoms with E-state index in [0.29, 0.717) is 25.9 Å². The highest BCUT2D eigenvalue weighted by Crippen LogP contribution is 2.26. The van der Waals surface area contributed by atoms with E-state index in [1.165, 1.54) is 18.2 Å². The molecule has 2 saturated heterocycles. The van der Waals surface area contributed by atoms with Gasteiger partial charge in [0.15, 0.2) is 0 Å². The molecule has 2 fully saturated rings. The number of urea groups is 1. The number of piperidine rings is 1. The molecule has 4 amide bonds. The summed E-state index contributed by atoms with van der Waals surface area (Å²) in [5.41, 5.74) is 0.636. The first-order chi connectivity index (χ1) is 11.4. The van der Waals surface area contributed by atoms with Gasteiger partial charge in [0, 0.05) is 19.2 Å². The maximum absolute atomic E-state index is 13.0. The standard InChI is InChI=1S/C17H18FN3O3/c1-11(12-2-4-13(18)5-3-12)10-14(22)21-8-6-17(7-9-21)15(23)19-16(24)20-17/h2-5,10H,6-9H2,1H3,(H2,19,20,23,24)/b11-10+. The monoisotopic (exact) mass is 331 g/mol. The summed E-state index contributed by atoms with van der Waals surface area (Å²) in [6.45, 7) is 2.57. The average Bonchev–Trinajstić information content (AvgIpc) is 2.82. The molecule has 1 spiro atoms. The first kappa shape index (κ1) is 16.2. The second-order valence-electron chi connectivity index (χ2n) is 6.15. The largest absolute Gasteiger partial charge is 0.339 e. The van der Waals surface area contributed by atoms with Crippen LogP contribution in [0.15, 0.2) is 30.3 Å². The normalized spacial score (nSPS) is 20.1. The van der Waals surface area contributed by atoms with Crippen LogP contribution in [0.1, 0.15) is 25.3 Å². The van der Waals surface area contributed by atoms with Crippen molar-refractivity contribution in [3.8, 4) is 0 Å². The van der Waals surface area contributed by atoms with Crippen LogP contribution in [0.2, 0.25) is 0 Å². The summed E-state index contributed by atoms with van der Waals surface area (Å²) >= 11 is 0. The van der Waals surface area contributed by atoms with Crippen LogP contribution in [0.5, 0.6) is 0 Å². The molecule has 24 heavy (non-hydrogen) atoms. The molecule has 6 nitrogen and oxygen atoms in total. The number of rotatable bonds is 2. The molecule has 2 aliphatic rings. The van der Waals surface area contributed by atoms with E-state index in [4.69, 9.17) is 0 Å². The van der Waals surface area contributed by atoms with E-state index in [-0.39, 0.29) is 17.6 Å². The molecule has 1 aromatic rings. The van der Waals surface area contributed by atoms with E-state index >= 15 is 0 Å². The molecule has 2 heterocycles. The zero-order valence-corrected chi connectivity index (χ0v) is 13.3. The van der Waals surface area contributed by atoms with Gasteiger partial charge in [-0.3, -0.25) is 14.9 Å². The van der Waals surface area contributed by atoms with Gasteiger partial charge in [-0.05, 0) is 43.0 Å². The van der Waals surface area contributed by atoms with Crippen LogP contribution in [0.3, 0.4) is 0 Å². The van der Waals surface area contributed by atoms with Crippen LogP contribution in [0.25, 0.3) is 5.57 Å². The quantitative estimate of drug-likeness (QED) is 0.636. The van der Waals surface area contributed by atoms with Crippen molar-refractivity contribution in [2.45, 2.75) is 25.3 Å². The van der Waals surface area contributed by atoms with E-state index in [1.807, 2.05) is 0 Å². The number of carbonyl (C=O) groups excluding carboxylic acids is 3. The van der Waals surface area contributed by atoms with E-state index in [0.717, 1.165) is 11.1 Å². The van der Waals surface area contributed by atoms with Gasteiger partial charge in [0.1, 0.15) is 11.4 Å². The number of nitrogens with zero attached hydrogens (tertiary/aromatic N) is 1. The molecule has 1 aromatic carbocycles. The number of hydrogen-bond acceptors (Lipinski definition) is 3. The number of hydrogen-bond donors (Lipinski definition) is 2. The predicted octanol–water partition coefficient (Wildman–Crippen LogP) is 1.43. The van der Waals surface area contributed by atoms with Crippen molar-refractivity contribution in [1.29, 1.82) is 0 Å². The van der Waals surface area contributed by atoms with Gasteiger partial charge in [-0.2, -0.15) is 0 Å². The summed E-state index contributed by atoms with van der Waals surface area (Å²) in [4.78, 5) is 37.2. The number of amides is 4. The molecule has 0 aliphatic carbocycles. The van der Waals surface area contributed by atoms with Crippen molar-refractivity contribution in [2.24, 2.45) is 0 Å². The fourth-order valence-corrected chi connectivity index (χ4v) is 3.06. The summed E-state index contributed by atoms with van der Waals surface area (Å²) in [7, 11) is 0. The number of imide groups is 1. The van der Waals surface area contributed by atoms with E-state index in [2.05, 4.69) is 10.6 Å². The number of nitrogens with one attached hydrogen (secondary N) is 2. The average molecular weight is 331 g/mol. The van der Waals surface area contributed by atoms with E-state index in [9.17, 15) is 18.8 Å². The molecular formula is C17H18FN3O3. The third-order valence-electron chi connectivity index (χ3n) is 4.58. The van der Waals surface area contributed by atoms with Crippen molar-refractivity contribution in [2.75, 3.05) is 13.1 Å². The Morgan fingerprint density at radius 2 is 1.83 bits per heavy atom. The van der Waals surface area contributed by atoms with Gasteiger partial charge in [0.2, 0.25) is 5.91 Å². The summed E-state index contributed by atoms with van der Waals surface area (Å²) in [5, 5.41) is 4.91. The lowest BCUT2D eigenvalue weighted by atomic mass is 9.87. The van der Waals surface area contributed by atoms with Crippen molar-refractivity contribution < 1.29 is 18.8 Å². The third kappa shape index (κ3) is 3.02. The van der Waals surface area contributed by atoms with Crippen molar-refractivity contribution in [3.05, 3.63) is 41.7 Å². The van der Waals surface area contributed by atoms with Crippen molar-refractivity contribution in [3.63, 3.8) is 0 Å². The van der Waals surface area contributed by atoms with Crippen LogP contribution in [0.4, 0.5) is 9.18 Å². The Balaban J connectivity index is 1.65. The van der Waals surface area contributed by atoms with Gasteiger partial charge in [-0.25, -0.2) is 9.18 Å². The SMILES string of the molecule is C/C(=C\C(=O)N1CCC2(CC1)NC(=O)NC2=O)c1ccc(F)cc1. The summed E-state index contributed by atoms with van der Waals surface area (Å²) in [5.74, 6) is -0.801. The Morgan fingerprint density at radius 1 is 1.21 bits per heavy atom. The van der Waals surface area contributed by atoms with E-state index < -0.39 is 11.6 Å². The fraction of sp³-hybridized carbons (Fsp3) is 0.353. The molecule has 0 atom stereocenters. The number of halogens is 1. The highest BCUT2D eigenvalue weighted by Gasteiger charge is 2.48. The zero-order valence-electron chi connectivity index (χ0n) is 13.3. The fourth-order valence-electron chi connectivity index (χ4n) is 3.06. The zero-order chi connectivity index (χ0) is 17.3. The molecule has 0 bridgehead atoms. The Morgan fingerprint density at radius 3 is 2.38 bits per heavy atom. The lowest BCUT2D eigenvalue weighted by Gasteiger charge is -2.36. The topological polar surface area (TPSA) is 78.5 Å². The predicted molar refractivity (Wildman–Crippen MR) is 85.3 cm³/mol. The highest BCUT2D eigenvalue weighted by atomic mass is 19.1. The Hall–Kier alpha value is -2.70. The maximum Gasteiger partial charge on any atom is 0.322 e. The van der Waals surface area contributed by atoms with E-state index in [1.54, 1.807) is 24.0 Å². The number of allylic oxidation sites excluding steroid dienone is 1. The second-order valence-corrected chi connectivity index (χ2v) is 6.15. The van der Waals surface area contributed by atoms with Gasteiger partial charge in [-0.1, -0.05) is 12.1 Å². The lowest BCUT2D eigenvalue weighted by molar-refractivity contribution is -0.132. The Labute approximate surface area is 138 Å². The van der Waals surface area contributed by atoms with Crippen LogP contribution < -0.4 is 10.6 Å². The van der Waals surface area contributed by atoms with Crippen molar-refractivity contribution >= 4 is 23.4 Å².